The second-order valence-corrected chi connectivity index (χ2v) is 9.92. The third-order valence-corrected chi connectivity index (χ3v) is 9.70. The fraction of sp³-hybridized carbons (Fsp3) is 0.368. The van der Waals surface area contributed by atoms with Crippen molar-refractivity contribution in [3.05, 3.63) is 58.0 Å². The lowest BCUT2D eigenvalue weighted by molar-refractivity contribution is -0.0250. The summed E-state index contributed by atoms with van der Waals surface area (Å²) in [4.78, 5) is 0. The van der Waals surface area contributed by atoms with Crippen LogP contribution >= 0.6 is 47.8 Å². The normalized spacial score (nSPS) is 38.7. The Hall–Kier alpha value is -0.160. The molecule has 4 heteroatoms. The quantitative estimate of drug-likeness (QED) is 0.548. The van der Waals surface area contributed by atoms with Crippen molar-refractivity contribution in [2.24, 2.45) is 11.3 Å². The van der Waals surface area contributed by atoms with E-state index in [0.717, 1.165) is 34.9 Å². The first kappa shape index (κ1) is 13.1. The number of benzene rings is 1. The minimum Gasteiger partial charge on any atom is -0.379 e. The summed E-state index contributed by atoms with van der Waals surface area (Å²) in [5.41, 5.74) is 11.5. The molecule has 6 aliphatic carbocycles. The molecule has 0 amide bonds. The standard InChI is InChI=1S/C19H11Br3O/c1-2-7-8-5-3-4-6-10-9(5)12-17(22)11(8)18(7,12)19(23)13(15(6)20)14(19)16(10)21/h7,23H,2-4H2,1H3. The van der Waals surface area contributed by atoms with Crippen molar-refractivity contribution in [1.82, 2.24) is 0 Å². The topological polar surface area (TPSA) is 20.2 Å². The maximum atomic E-state index is 11.9. The molecular formula is C19H11Br3O. The number of hydrogen-bond donors (Lipinski definition) is 1. The molecule has 1 aromatic rings. The molecule has 1 N–H and O–H groups in total. The zero-order chi connectivity index (χ0) is 15.6. The van der Waals surface area contributed by atoms with Crippen LogP contribution in [-0.2, 0) is 12.0 Å². The second kappa shape index (κ2) is 3.27. The van der Waals surface area contributed by atoms with Crippen molar-refractivity contribution in [3.63, 3.8) is 0 Å². The maximum Gasteiger partial charge on any atom is 0.132 e. The fourth-order valence-corrected chi connectivity index (χ4v) is 9.45. The number of aliphatic hydroxyl groups is 1. The predicted octanol–water partition coefficient (Wildman–Crippen LogP) is 5.47. The molecule has 1 aromatic carbocycles. The van der Waals surface area contributed by atoms with Crippen LogP contribution in [0.1, 0.15) is 42.0 Å². The van der Waals surface area contributed by atoms with E-state index in [1.807, 2.05) is 0 Å². The Bertz CT molecular complexity index is 1060. The van der Waals surface area contributed by atoms with E-state index < -0.39 is 5.60 Å². The third-order valence-electron chi connectivity index (χ3n) is 7.24. The van der Waals surface area contributed by atoms with E-state index >= 15 is 0 Å². The summed E-state index contributed by atoms with van der Waals surface area (Å²) < 4.78 is 3.60. The lowest BCUT2D eigenvalue weighted by Crippen LogP contribution is -2.62. The SMILES string of the molecule is CCC1C2=C3C(Br)=C4C5=C2CCc2c(Br)c6c(c(Br)c25)C6(O)C431. The molecule has 23 heavy (non-hydrogen) atoms. The van der Waals surface area contributed by atoms with Gasteiger partial charge in [-0.1, -0.05) is 38.8 Å². The number of hydrogen-bond acceptors (Lipinski definition) is 1. The van der Waals surface area contributed by atoms with Crippen molar-refractivity contribution in [1.29, 1.82) is 0 Å². The largest absolute Gasteiger partial charge is 0.379 e. The minimum absolute atomic E-state index is 0.165. The summed E-state index contributed by atoms with van der Waals surface area (Å²) in [6.07, 6.45) is 3.31. The van der Waals surface area contributed by atoms with Crippen LogP contribution in [0.3, 0.4) is 0 Å². The minimum atomic E-state index is -0.797. The first-order valence-corrected chi connectivity index (χ1v) is 10.6. The Morgan fingerprint density at radius 1 is 1.09 bits per heavy atom. The maximum absolute atomic E-state index is 11.9. The molecule has 7 rings (SSSR count). The first-order chi connectivity index (χ1) is 11.0. The van der Waals surface area contributed by atoms with Crippen molar-refractivity contribution in [3.8, 4) is 0 Å². The van der Waals surface area contributed by atoms with Gasteiger partial charge in [0.25, 0.3) is 0 Å². The predicted molar refractivity (Wildman–Crippen MR) is 99.3 cm³/mol. The second-order valence-electron chi connectivity index (χ2n) is 7.54. The molecule has 0 aliphatic heterocycles. The van der Waals surface area contributed by atoms with Gasteiger partial charge in [-0.25, -0.2) is 0 Å². The van der Waals surface area contributed by atoms with Gasteiger partial charge in [-0.15, -0.1) is 0 Å². The molecule has 0 saturated heterocycles. The lowest BCUT2D eigenvalue weighted by Gasteiger charge is -2.68. The number of rotatable bonds is 1. The van der Waals surface area contributed by atoms with Crippen LogP contribution in [0.25, 0.3) is 5.57 Å². The zero-order valence-corrected chi connectivity index (χ0v) is 17.0. The zero-order valence-electron chi connectivity index (χ0n) is 12.3. The Morgan fingerprint density at radius 2 is 1.83 bits per heavy atom. The Morgan fingerprint density at radius 3 is 2.57 bits per heavy atom. The van der Waals surface area contributed by atoms with Crippen molar-refractivity contribution in [2.75, 3.05) is 0 Å². The van der Waals surface area contributed by atoms with E-state index in [9.17, 15) is 5.11 Å². The summed E-state index contributed by atoms with van der Waals surface area (Å²) in [6, 6.07) is 0. The van der Waals surface area contributed by atoms with Gasteiger partial charge in [-0.2, -0.15) is 0 Å². The van der Waals surface area contributed by atoms with Gasteiger partial charge < -0.3 is 5.11 Å². The molecule has 3 atom stereocenters. The summed E-state index contributed by atoms with van der Waals surface area (Å²) in [7, 11) is 0. The summed E-state index contributed by atoms with van der Waals surface area (Å²) in [5, 5.41) is 11.9. The molecule has 0 fully saturated rings. The summed E-state index contributed by atoms with van der Waals surface area (Å²) >= 11 is 11.6. The molecule has 0 aromatic heterocycles. The highest BCUT2D eigenvalue weighted by Gasteiger charge is 2.83. The molecule has 6 aliphatic rings. The smallest absolute Gasteiger partial charge is 0.132 e. The highest BCUT2D eigenvalue weighted by Crippen LogP contribution is 2.89. The van der Waals surface area contributed by atoms with E-state index in [0.29, 0.717) is 5.92 Å². The van der Waals surface area contributed by atoms with Gasteiger partial charge in [-0.05, 0) is 68.6 Å². The average molecular weight is 495 g/mol. The molecule has 3 unspecified atom stereocenters. The van der Waals surface area contributed by atoms with E-state index in [4.69, 9.17) is 0 Å². The van der Waals surface area contributed by atoms with Gasteiger partial charge in [0.05, 0.1) is 5.41 Å². The van der Waals surface area contributed by atoms with Crippen molar-refractivity contribution in [2.45, 2.75) is 31.8 Å². The van der Waals surface area contributed by atoms with Gasteiger partial charge in [-0.3, -0.25) is 0 Å². The highest BCUT2D eigenvalue weighted by molar-refractivity contribution is 9.12. The number of fused-ring (bicyclic) bond motifs is 2. The highest BCUT2D eigenvalue weighted by atomic mass is 79.9. The molecule has 0 saturated carbocycles. The Kier molecular flexibility index (Phi) is 1.86. The molecule has 114 valence electrons. The number of allylic oxidation sites excluding steroid dienone is 4. The van der Waals surface area contributed by atoms with Crippen LogP contribution < -0.4 is 0 Å². The van der Waals surface area contributed by atoms with E-state index in [1.54, 1.807) is 11.1 Å². The van der Waals surface area contributed by atoms with Crippen molar-refractivity contribution >= 4 is 53.4 Å². The van der Waals surface area contributed by atoms with E-state index in [1.165, 1.54) is 36.8 Å². The molecule has 0 radical (unpaired) electrons. The lowest BCUT2D eigenvalue weighted by atomic mass is 9.36. The van der Waals surface area contributed by atoms with Crippen LogP contribution in [0.5, 0.6) is 0 Å². The van der Waals surface area contributed by atoms with Gasteiger partial charge in [0.15, 0.2) is 0 Å². The van der Waals surface area contributed by atoms with E-state index in [-0.39, 0.29) is 5.41 Å². The molecule has 1 spiro atoms. The first-order valence-electron chi connectivity index (χ1n) is 8.19. The molecular weight excluding hydrogens is 484 g/mol. The average Bonchev–Trinajstić information content (AvgIpc) is 3.17. The fourth-order valence-electron chi connectivity index (χ4n) is 6.61. The Balaban J connectivity index is 1.79. The van der Waals surface area contributed by atoms with Crippen LogP contribution in [0.2, 0.25) is 0 Å². The molecule has 1 nitrogen and oxygen atoms in total. The van der Waals surface area contributed by atoms with Crippen LogP contribution in [-0.4, -0.2) is 5.11 Å². The molecule has 0 heterocycles. The van der Waals surface area contributed by atoms with Crippen LogP contribution in [0.4, 0.5) is 0 Å². The van der Waals surface area contributed by atoms with Crippen LogP contribution in [0.15, 0.2) is 35.7 Å². The van der Waals surface area contributed by atoms with Gasteiger partial charge >= 0.3 is 0 Å². The summed E-state index contributed by atoms with van der Waals surface area (Å²) in [6.45, 7) is 2.27. The van der Waals surface area contributed by atoms with Gasteiger partial charge in [0, 0.05) is 36.0 Å². The van der Waals surface area contributed by atoms with Crippen LogP contribution in [0, 0.1) is 11.3 Å². The summed E-state index contributed by atoms with van der Waals surface area (Å²) in [5.74, 6) is 0.477. The van der Waals surface area contributed by atoms with E-state index in [2.05, 4.69) is 54.7 Å². The van der Waals surface area contributed by atoms with Gasteiger partial charge in [0.1, 0.15) is 5.60 Å². The molecule has 7 bridgehead atoms. The third kappa shape index (κ3) is 0.862. The monoisotopic (exact) mass is 492 g/mol. The van der Waals surface area contributed by atoms with Gasteiger partial charge in [0.2, 0.25) is 0 Å². The number of halogens is 3. The Labute approximate surface area is 158 Å². The van der Waals surface area contributed by atoms with Crippen molar-refractivity contribution < 1.29 is 5.11 Å².